The zero-order valence-corrected chi connectivity index (χ0v) is 8.94. The molecule has 1 heterocycles. The third-order valence-electron chi connectivity index (χ3n) is 2.58. The van der Waals surface area contributed by atoms with E-state index in [1.165, 1.54) is 19.2 Å². The molecule has 0 unspecified atom stereocenters. The molecule has 0 saturated carbocycles. The standard InChI is InChI=1S/C11H9F4NO/c1-17-8-3-2-7-6(9(8)12)4-5-16-10(7)11(13,14)15/h2-3H,4-5H2,1H3. The van der Waals surface area contributed by atoms with E-state index < -0.39 is 17.7 Å². The smallest absolute Gasteiger partial charge is 0.433 e. The summed E-state index contributed by atoms with van der Waals surface area (Å²) >= 11 is 0. The first-order valence-corrected chi connectivity index (χ1v) is 4.92. The van der Waals surface area contributed by atoms with Gasteiger partial charge in [-0.15, -0.1) is 0 Å². The fourth-order valence-corrected chi connectivity index (χ4v) is 1.83. The van der Waals surface area contributed by atoms with E-state index in [1.54, 1.807) is 0 Å². The van der Waals surface area contributed by atoms with Gasteiger partial charge in [-0.25, -0.2) is 4.39 Å². The number of hydrogen-bond donors (Lipinski definition) is 0. The van der Waals surface area contributed by atoms with Crippen LogP contribution >= 0.6 is 0 Å². The number of fused-ring (bicyclic) bond motifs is 1. The average molecular weight is 247 g/mol. The molecule has 1 aliphatic rings. The van der Waals surface area contributed by atoms with Crippen molar-refractivity contribution < 1.29 is 22.3 Å². The van der Waals surface area contributed by atoms with Crippen LogP contribution in [0, 0.1) is 5.82 Å². The van der Waals surface area contributed by atoms with Crippen LogP contribution in [-0.2, 0) is 6.42 Å². The first-order chi connectivity index (χ1) is 7.95. The highest BCUT2D eigenvalue weighted by Crippen LogP contribution is 2.32. The molecule has 0 aromatic heterocycles. The Hall–Kier alpha value is -1.59. The fraction of sp³-hybridized carbons (Fsp3) is 0.364. The largest absolute Gasteiger partial charge is 0.494 e. The Bertz CT molecular complexity index is 479. The van der Waals surface area contributed by atoms with E-state index >= 15 is 0 Å². The van der Waals surface area contributed by atoms with Gasteiger partial charge in [-0.2, -0.15) is 13.2 Å². The zero-order chi connectivity index (χ0) is 12.6. The van der Waals surface area contributed by atoms with Gasteiger partial charge < -0.3 is 4.74 Å². The van der Waals surface area contributed by atoms with E-state index in [0.29, 0.717) is 0 Å². The number of benzene rings is 1. The number of rotatable bonds is 1. The second kappa shape index (κ2) is 4.01. The van der Waals surface area contributed by atoms with Crippen molar-refractivity contribution in [3.05, 3.63) is 29.1 Å². The molecule has 6 heteroatoms. The number of aliphatic imine (C=N–C) groups is 1. The number of halogens is 4. The zero-order valence-electron chi connectivity index (χ0n) is 8.94. The minimum absolute atomic E-state index is 0.0201. The van der Waals surface area contributed by atoms with Crippen molar-refractivity contribution in [2.45, 2.75) is 12.6 Å². The van der Waals surface area contributed by atoms with Gasteiger partial charge in [0.2, 0.25) is 0 Å². The van der Waals surface area contributed by atoms with Gasteiger partial charge in [0.15, 0.2) is 11.6 Å². The summed E-state index contributed by atoms with van der Waals surface area (Å²) in [6.07, 6.45) is -4.41. The second-order valence-corrected chi connectivity index (χ2v) is 3.59. The van der Waals surface area contributed by atoms with Gasteiger partial charge >= 0.3 is 6.18 Å². The minimum Gasteiger partial charge on any atom is -0.494 e. The summed E-state index contributed by atoms with van der Waals surface area (Å²) < 4.78 is 56.5. The van der Waals surface area contributed by atoms with E-state index in [2.05, 4.69) is 4.99 Å². The molecule has 0 amide bonds. The summed E-state index contributed by atoms with van der Waals surface area (Å²) in [5.41, 5.74) is -1.19. The number of hydrogen-bond acceptors (Lipinski definition) is 2. The number of alkyl halides is 3. The molecule has 0 aliphatic carbocycles. The van der Waals surface area contributed by atoms with Crippen LogP contribution in [-0.4, -0.2) is 25.5 Å². The molecule has 1 aromatic rings. The van der Waals surface area contributed by atoms with Crippen LogP contribution in [0.25, 0.3) is 0 Å². The van der Waals surface area contributed by atoms with Crippen molar-refractivity contribution in [1.29, 1.82) is 0 Å². The number of methoxy groups -OCH3 is 1. The molecular formula is C11H9F4NO. The Labute approximate surface area is 94.9 Å². The molecule has 1 aromatic carbocycles. The Balaban J connectivity index is 2.57. The molecule has 0 bridgehead atoms. The van der Waals surface area contributed by atoms with Crippen molar-refractivity contribution in [2.24, 2.45) is 4.99 Å². The molecule has 92 valence electrons. The van der Waals surface area contributed by atoms with Gasteiger partial charge in [-0.1, -0.05) is 0 Å². The highest BCUT2D eigenvalue weighted by molar-refractivity contribution is 6.06. The molecule has 0 radical (unpaired) electrons. The third-order valence-corrected chi connectivity index (χ3v) is 2.58. The van der Waals surface area contributed by atoms with Crippen LogP contribution in [0.2, 0.25) is 0 Å². The van der Waals surface area contributed by atoms with Crippen molar-refractivity contribution in [3.63, 3.8) is 0 Å². The topological polar surface area (TPSA) is 21.6 Å². The molecule has 2 rings (SSSR count). The van der Waals surface area contributed by atoms with Gasteiger partial charge in [0.25, 0.3) is 0 Å². The Morgan fingerprint density at radius 2 is 2.00 bits per heavy atom. The lowest BCUT2D eigenvalue weighted by Gasteiger charge is -2.20. The van der Waals surface area contributed by atoms with Crippen LogP contribution in [0.4, 0.5) is 17.6 Å². The van der Waals surface area contributed by atoms with Gasteiger partial charge in [0.05, 0.1) is 7.11 Å². The van der Waals surface area contributed by atoms with Crippen LogP contribution in [0.3, 0.4) is 0 Å². The molecule has 1 aliphatic heterocycles. The summed E-state index contributed by atoms with van der Waals surface area (Å²) in [7, 11) is 1.27. The Morgan fingerprint density at radius 1 is 1.29 bits per heavy atom. The van der Waals surface area contributed by atoms with Crippen molar-refractivity contribution in [3.8, 4) is 5.75 Å². The predicted molar refractivity (Wildman–Crippen MR) is 54.1 cm³/mol. The first kappa shape index (κ1) is 11.9. The highest BCUT2D eigenvalue weighted by Gasteiger charge is 2.39. The summed E-state index contributed by atoms with van der Waals surface area (Å²) in [6.45, 7) is -0.0636. The lowest BCUT2D eigenvalue weighted by Crippen LogP contribution is -2.29. The molecule has 0 N–H and O–H groups in total. The van der Waals surface area contributed by atoms with E-state index in [4.69, 9.17) is 4.74 Å². The van der Waals surface area contributed by atoms with E-state index in [0.717, 1.165) is 0 Å². The summed E-state index contributed by atoms with van der Waals surface area (Å²) in [4.78, 5) is 3.42. The number of ether oxygens (including phenoxy) is 1. The monoisotopic (exact) mass is 247 g/mol. The minimum atomic E-state index is -4.56. The molecular weight excluding hydrogens is 238 g/mol. The van der Waals surface area contributed by atoms with E-state index in [9.17, 15) is 17.6 Å². The lowest BCUT2D eigenvalue weighted by atomic mass is 9.96. The highest BCUT2D eigenvalue weighted by atomic mass is 19.4. The quantitative estimate of drug-likeness (QED) is 0.699. The SMILES string of the molecule is COc1ccc2c(c1F)CCN=C2C(F)(F)F. The third kappa shape index (κ3) is 1.99. The Morgan fingerprint density at radius 3 is 2.59 bits per heavy atom. The maximum absolute atomic E-state index is 13.8. The lowest BCUT2D eigenvalue weighted by molar-refractivity contribution is -0.0584. The van der Waals surface area contributed by atoms with Gasteiger partial charge in [-0.05, 0) is 18.6 Å². The molecule has 0 atom stereocenters. The van der Waals surface area contributed by atoms with Crippen LogP contribution in [0.1, 0.15) is 11.1 Å². The Kier molecular flexibility index (Phi) is 2.81. The normalized spacial score (nSPS) is 15.2. The van der Waals surface area contributed by atoms with Gasteiger partial charge in [-0.3, -0.25) is 4.99 Å². The van der Waals surface area contributed by atoms with Crippen LogP contribution < -0.4 is 4.74 Å². The molecule has 0 spiro atoms. The number of nitrogens with zero attached hydrogens (tertiary/aromatic N) is 1. The summed E-state index contributed by atoms with van der Waals surface area (Å²) in [6, 6.07) is 2.38. The maximum atomic E-state index is 13.8. The van der Waals surface area contributed by atoms with Crippen LogP contribution in [0.5, 0.6) is 5.75 Å². The fourth-order valence-electron chi connectivity index (χ4n) is 1.83. The predicted octanol–water partition coefficient (Wildman–Crippen LogP) is 2.74. The van der Waals surface area contributed by atoms with Crippen LogP contribution in [0.15, 0.2) is 17.1 Å². The van der Waals surface area contributed by atoms with Crippen molar-refractivity contribution in [1.82, 2.24) is 0 Å². The summed E-state index contributed by atoms with van der Waals surface area (Å²) in [5.74, 6) is -0.783. The molecule has 0 saturated heterocycles. The maximum Gasteiger partial charge on any atom is 0.433 e. The average Bonchev–Trinajstić information content (AvgIpc) is 2.28. The van der Waals surface area contributed by atoms with Crippen molar-refractivity contribution in [2.75, 3.05) is 13.7 Å². The van der Waals surface area contributed by atoms with E-state index in [-0.39, 0.29) is 29.8 Å². The molecule has 17 heavy (non-hydrogen) atoms. The van der Waals surface area contributed by atoms with E-state index in [1.807, 2.05) is 0 Å². The van der Waals surface area contributed by atoms with Gasteiger partial charge in [0, 0.05) is 17.7 Å². The second-order valence-electron chi connectivity index (χ2n) is 3.59. The molecule has 2 nitrogen and oxygen atoms in total. The van der Waals surface area contributed by atoms with Crippen molar-refractivity contribution >= 4 is 5.71 Å². The molecule has 0 fully saturated rings. The van der Waals surface area contributed by atoms with Gasteiger partial charge in [0.1, 0.15) is 5.71 Å². The first-order valence-electron chi connectivity index (χ1n) is 4.92. The summed E-state index contributed by atoms with van der Waals surface area (Å²) in [5, 5.41) is 0.